The van der Waals surface area contributed by atoms with Gasteiger partial charge >= 0.3 is 0 Å². The molecule has 0 aromatic carbocycles. The molecule has 2 rings (SSSR count). The number of allylic oxidation sites excluding steroid dienone is 3. The number of fused-ring (bicyclic) bond motifs is 1. The summed E-state index contributed by atoms with van der Waals surface area (Å²) in [5.74, 6) is 2.70. The predicted molar refractivity (Wildman–Crippen MR) is 66.7 cm³/mol. The van der Waals surface area contributed by atoms with Crippen molar-refractivity contribution in [2.24, 2.45) is 17.8 Å². The Kier molecular flexibility index (Phi) is 3.04. The third-order valence-electron chi connectivity index (χ3n) is 4.53. The highest BCUT2D eigenvalue weighted by atomic mass is 14.4. The van der Waals surface area contributed by atoms with Gasteiger partial charge in [-0.05, 0) is 63.7 Å². The van der Waals surface area contributed by atoms with Gasteiger partial charge in [0.2, 0.25) is 0 Å². The number of hydrogen-bond acceptors (Lipinski definition) is 0. The molecule has 0 bridgehead atoms. The molecule has 0 aliphatic heterocycles. The van der Waals surface area contributed by atoms with Gasteiger partial charge in [0.05, 0.1) is 0 Å². The summed E-state index contributed by atoms with van der Waals surface area (Å²) in [5, 5.41) is 0. The van der Waals surface area contributed by atoms with Crippen molar-refractivity contribution >= 4 is 0 Å². The summed E-state index contributed by atoms with van der Waals surface area (Å²) in [6.45, 7) is 11.1. The molecule has 15 heavy (non-hydrogen) atoms. The van der Waals surface area contributed by atoms with E-state index >= 15 is 0 Å². The van der Waals surface area contributed by atoms with Crippen molar-refractivity contribution < 1.29 is 0 Å². The first-order valence-corrected chi connectivity index (χ1v) is 6.42. The highest BCUT2D eigenvalue weighted by Gasteiger charge is 2.36. The van der Waals surface area contributed by atoms with Gasteiger partial charge in [-0.15, -0.1) is 6.58 Å². The van der Waals surface area contributed by atoms with Gasteiger partial charge < -0.3 is 0 Å². The number of hydrogen-bond donors (Lipinski definition) is 0. The van der Waals surface area contributed by atoms with E-state index < -0.39 is 0 Å². The lowest BCUT2D eigenvalue weighted by molar-refractivity contribution is 0.216. The van der Waals surface area contributed by atoms with E-state index in [0.29, 0.717) is 0 Å². The van der Waals surface area contributed by atoms with Crippen LogP contribution in [-0.4, -0.2) is 0 Å². The van der Waals surface area contributed by atoms with Crippen molar-refractivity contribution in [3.05, 3.63) is 23.3 Å². The van der Waals surface area contributed by atoms with Gasteiger partial charge in [-0.2, -0.15) is 0 Å². The zero-order chi connectivity index (χ0) is 11.0. The highest BCUT2D eigenvalue weighted by molar-refractivity contribution is 5.24. The van der Waals surface area contributed by atoms with E-state index in [1.165, 1.54) is 37.7 Å². The van der Waals surface area contributed by atoms with Crippen LogP contribution in [0.25, 0.3) is 0 Å². The van der Waals surface area contributed by atoms with Crippen LogP contribution in [0.15, 0.2) is 23.3 Å². The molecule has 0 amide bonds. The Labute approximate surface area is 94.5 Å². The molecule has 0 saturated heterocycles. The standard InChI is InChI=1S/C15H24/c1-10(2)9-15-12(4)5-7-13-11(3)6-8-14(13)15/h12,14-15H,1,5-9H2,2-4H3/t12-,14+,15+/m1/s1. The molecule has 0 aromatic rings. The summed E-state index contributed by atoms with van der Waals surface area (Å²) in [6.07, 6.45) is 6.82. The molecule has 0 heterocycles. The van der Waals surface area contributed by atoms with Crippen molar-refractivity contribution in [1.82, 2.24) is 0 Å². The van der Waals surface area contributed by atoms with E-state index in [-0.39, 0.29) is 0 Å². The van der Waals surface area contributed by atoms with Crippen LogP contribution in [0.2, 0.25) is 0 Å². The summed E-state index contributed by atoms with van der Waals surface area (Å²) in [6, 6.07) is 0. The fourth-order valence-corrected chi connectivity index (χ4v) is 3.63. The van der Waals surface area contributed by atoms with Gasteiger partial charge in [-0.25, -0.2) is 0 Å². The fourth-order valence-electron chi connectivity index (χ4n) is 3.63. The molecule has 2 aliphatic carbocycles. The Morgan fingerprint density at radius 1 is 1.33 bits per heavy atom. The Morgan fingerprint density at radius 2 is 2.07 bits per heavy atom. The average Bonchev–Trinajstić information content (AvgIpc) is 2.52. The van der Waals surface area contributed by atoms with Crippen molar-refractivity contribution in [3.63, 3.8) is 0 Å². The third-order valence-corrected chi connectivity index (χ3v) is 4.53. The summed E-state index contributed by atoms with van der Waals surface area (Å²) in [5.41, 5.74) is 4.90. The molecule has 0 spiro atoms. The largest absolute Gasteiger partial charge is 0.100 e. The lowest BCUT2D eigenvalue weighted by Gasteiger charge is -2.37. The maximum atomic E-state index is 4.10. The highest BCUT2D eigenvalue weighted by Crippen LogP contribution is 2.48. The minimum absolute atomic E-state index is 0.892. The normalized spacial score (nSPS) is 35.5. The van der Waals surface area contributed by atoms with Gasteiger partial charge in [-0.1, -0.05) is 23.6 Å². The molecular weight excluding hydrogens is 180 g/mol. The minimum Gasteiger partial charge on any atom is -0.100 e. The zero-order valence-electron chi connectivity index (χ0n) is 10.5. The minimum atomic E-state index is 0.892. The first-order valence-electron chi connectivity index (χ1n) is 6.42. The molecule has 0 unspecified atom stereocenters. The van der Waals surface area contributed by atoms with Crippen molar-refractivity contribution in [2.45, 2.75) is 52.9 Å². The molecule has 1 saturated carbocycles. The van der Waals surface area contributed by atoms with Gasteiger partial charge in [0.15, 0.2) is 0 Å². The van der Waals surface area contributed by atoms with Gasteiger partial charge in [0.25, 0.3) is 0 Å². The van der Waals surface area contributed by atoms with E-state index in [1.54, 1.807) is 5.57 Å². The summed E-state index contributed by atoms with van der Waals surface area (Å²) in [7, 11) is 0. The van der Waals surface area contributed by atoms with Crippen LogP contribution >= 0.6 is 0 Å². The molecule has 3 atom stereocenters. The summed E-state index contributed by atoms with van der Waals surface area (Å²) < 4.78 is 0. The molecule has 0 radical (unpaired) electrons. The monoisotopic (exact) mass is 204 g/mol. The first-order chi connectivity index (χ1) is 7.09. The van der Waals surface area contributed by atoms with E-state index in [2.05, 4.69) is 27.4 Å². The molecule has 1 fully saturated rings. The molecule has 0 heteroatoms. The molecular formula is C15H24. The Bertz CT molecular complexity index is 295. The van der Waals surface area contributed by atoms with Crippen molar-refractivity contribution in [3.8, 4) is 0 Å². The van der Waals surface area contributed by atoms with Gasteiger partial charge in [-0.3, -0.25) is 0 Å². The Hall–Kier alpha value is -0.520. The Balaban J connectivity index is 2.17. The van der Waals surface area contributed by atoms with Crippen LogP contribution in [-0.2, 0) is 0 Å². The average molecular weight is 204 g/mol. The van der Waals surface area contributed by atoms with Crippen LogP contribution in [0.4, 0.5) is 0 Å². The predicted octanol–water partition coefficient (Wildman–Crippen LogP) is 4.73. The van der Waals surface area contributed by atoms with E-state index in [9.17, 15) is 0 Å². The summed E-state index contributed by atoms with van der Waals surface area (Å²) >= 11 is 0. The fraction of sp³-hybridized carbons (Fsp3) is 0.733. The zero-order valence-corrected chi connectivity index (χ0v) is 10.5. The summed E-state index contributed by atoms with van der Waals surface area (Å²) in [4.78, 5) is 0. The van der Waals surface area contributed by atoms with Crippen molar-refractivity contribution in [1.29, 1.82) is 0 Å². The topological polar surface area (TPSA) is 0 Å². The second-order valence-corrected chi connectivity index (χ2v) is 5.79. The van der Waals surface area contributed by atoms with E-state index in [0.717, 1.165) is 17.8 Å². The van der Waals surface area contributed by atoms with Gasteiger partial charge in [0.1, 0.15) is 0 Å². The maximum Gasteiger partial charge on any atom is -0.0164 e. The quantitative estimate of drug-likeness (QED) is 0.571. The maximum absolute atomic E-state index is 4.10. The SMILES string of the molecule is C=C(C)C[C@H]1[C@H](C)CCC2=C(C)CC[C@@H]21. The lowest BCUT2D eigenvalue weighted by Crippen LogP contribution is -2.27. The van der Waals surface area contributed by atoms with E-state index in [4.69, 9.17) is 0 Å². The van der Waals surface area contributed by atoms with Crippen molar-refractivity contribution in [2.75, 3.05) is 0 Å². The molecule has 84 valence electrons. The van der Waals surface area contributed by atoms with Crippen LogP contribution < -0.4 is 0 Å². The Morgan fingerprint density at radius 3 is 2.73 bits per heavy atom. The third kappa shape index (κ3) is 2.04. The van der Waals surface area contributed by atoms with Crippen LogP contribution in [0.1, 0.15) is 52.9 Å². The van der Waals surface area contributed by atoms with Crippen LogP contribution in [0.5, 0.6) is 0 Å². The van der Waals surface area contributed by atoms with Crippen LogP contribution in [0.3, 0.4) is 0 Å². The molecule has 0 aromatic heterocycles. The van der Waals surface area contributed by atoms with E-state index in [1.807, 2.05) is 5.57 Å². The first kappa shape index (κ1) is 11.0. The molecule has 0 nitrogen and oxygen atoms in total. The molecule has 0 N–H and O–H groups in total. The second-order valence-electron chi connectivity index (χ2n) is 5.79. The van der Waals surface area contributed by atoms with Crippen LogP contribution in [0, 0.1) is 17.8 Å². The second kappa shape index (κ2) is 4.15. The lowest BCUT2D eigenvalue weighted by atomic mass is 9.68. The number of rotatable bonds is 2. The van der Waals surface area contributed by atoms with Gasteiger partial charge in [0, 0.05) is 0 Å². The molecule has 2 aliphatic rings. The smallest absolute Gasteiger partial charge is 0.0164 e.